The third-order valence-electron chi connectivity index (χ3n) is 2.63. The van der Waals surface area contributed by atoms with Crippen molar-refractivity contribution in [1.29, 1.82) is 0 Å². The predicted molar refractivity (Wildman–Crippen MR) is 77.7 cm³/mol. The quantitative estimate of drug-likeness (QED) is 0.660. The largest absolute Gasteiger partial charge is 0.384 e. The van der Waals surface area contributed by atoms with Crippen LogP contribution in [0.25, 0.3) is 0 Å². The van der Waals surface area contributed by atoms with Crippen molar-refractivity contribution in [3.05, 3.63) is 23.4 Å². The number of pyridine rings is 1. The number of nitrogen functional groups attached to an aromatic ring is 1. The summed E-state index contributed by atoms with van der Waals surface area (Å²) in [5.74, 6) is 0.212. The van der Waals surface area contributed by atoms with Crippen LogP contribution in [0, 0.1) is 0 Å². The number of methoxy groups -OCH3 is 1. The van der Waals surface area contributed by atoms with Gasteiger partial charge in [-0.25, -0.2) is 4.98 Å². The highest BCUT2D eigenvalue weighted by molar-refractivity contribution is 5.94. The number of hydrogen-bond acceptors (Lipinski definition) is 5. The van der Waals surface area contributed by atoms with E-state index in [9.17, 15) is 4.79 Å². The van der Waals surface area contributed by atoms with Gasteiger partial charge in [0.1, 0.15) is 5.82 Å². The molecule has 6 heteroatoms. The minimum Gasteiger partial charge on any atom is -0.384 e. The Morgan fingerprint density at radius 3 is 2.85 bits per heavy atom. The van der Waals surface area contributed by atoms with Crippen LogP contribution in [-0.4, -0.2) is 44.4 Å². The maximum atomic E-state index is 12.0. The number of aromatic nitrogens is 1. The molecule has 0 radical (unpaired) electrons. The summed E-state index contributed by atoms with van der Waals surface area (Å²) in [7, 11) is 1.62. The molecule has 1 rings (SSSR count). The molecule has 0 unspecified atom stereocenters. The lowest BCUT2D eigenvalue weighted by atomic mass is 10.1. The van der Waals surface area contributed by atoms with Crippen LogP contribution in [0.5, 0.6) is 0 Å². The van der Waals surface area contributed by atoms with Crippen LogP contribution in [0.3, 0.4) is 0 Å². The first kappa shape index (κ1) is 16.4. The summed E-state index contributed by atoms with van der Waals surface area (Å²) in [4.78, 5) is 16.2. The van der Waals surface area contributed by atoms with Gasteiger partial charge in [-0.05, 0) is 18.6 Å². The molecule has 20 heavy (non-hydrogen) atoms. The van der Waals surface area contributed by atoms with Crippen molar-refractivity contribution in [2.24, 2.45) is 0 Å². The van der Waals surface area contributed by atoms with Crippen molar-refractivity contribution in [1.82, 2.24) is 10.3 Å². The molecular formula is C14H23N3O3. The van der Waals surface area contributed by atoms with Gasteiger partial charge in [-0.15, -0.1) is 0 Å². The van der Waals surface area contributed by atoms with Gasteiger partial charge in [0.2, 0.25) is 0 Å². The van der Waals surface area contributed by atoms with Crippen molar-refractivity contribution in [3.8, 4) is 0 Å². The molecule has 112 valence electrons. The Kier molecular flexibility index (Phi) is 7.60. The lowest BCUT2D eigenvalue weighted by molar-refractivity contribution is 0.0692. The topological polar surface area (TPSA) is 86.5 Å². The number of rotatable bonds is 9. The minimum atomic E-state index is -0.160. The molecule has 1 heterocycles. The molecule has 0 aliphatic rings. The molecule has 1 aromatic rings. The second-order valence-electron chi connectivity index (χ2n) is 4.38. The molecule has 0 spiro atoms. The fourth-order valence-electron chi connectivity index (χ4n) is 1.71. The average molecular weight is 281 g/mol. The molecule has 6 nitrogen and oxygen atoms in total. The highest BCUT2D eigenvalue weighted by Crippen LogP contribution is 2.09. The first-order chi connectivity index (χ1) is 9.67. The number of nitrogens with one attached hydrogen (secondary N) is 1. The maximum Gasteiger partial charge on any atom is 0.251 e. The second-order valence-corrected chi connectivity index (χ2v) is 4.38. The van der Waals surface area contributed by atoms with E-state index in [0.29, 0.717) is 37.7 Å². The van der Waals surface area contributed by atoms with E-state index in [1.807, 2.05) is 0 Å². The highest BCUT2D eigenvalue weighted by atomic mass is 16.5. The van der Waals surface area contributed by atoms with Gasteiger partial charge in [0.25, 0.3) is 5.91 Å². The van der Waals surface area contributed by atoms with Crippen LogP contribution in [0.2, 0.25) is 0 Å². The van der Waals surface area contributed by atoms with Crippen molar-refractivity contribution in [3.63, 3.8) is 0 Å². The maximum absolute atomic E-state index is 12.0. The summed E-state index contributed by atoms with van der Waals surface area (Å²) >= 11 is 0. The summed E-state index contributed by atoms with van der Waals surface area (Å²) in [6.45, 7) is 4.04. The fraction of sp³-hybridized carbons (Fsp3) is 0.571. The molecule has 0 atom stereocenters. The normalized spacial score (nSPS) is 10.5. The molecule has 3 N–H and O–H groups in total. The monoisotopic (exact) mass is 281 g/mol. The molecule has 0 aliphatic heterocycles. The zero-order valence-electron chi connectivity index (χ0n) is 12.1. The highest BCUT2D eigenvalue weighted by Gasteiger charge is 2.08. The number of amides is 1. The number of aryl methyl sites for hydroxylation is 1. The van der Waals surface area contributed by atoms with Gasteiger partial charge in [0.15, 0.2) is 0 Å². The number of carbonyl (C=O) groups excluding carboxylic acids is 1. The predicted octanol–water partition coefficient (Wildman–Crippen LogP) is 1.01. The van der Waals surface area contributed by atoms with Gasteiger partial charge in [-0.1, -0.05) is 13.3 Å². The van der Waals surface area contributed by atoms with Crippen molar-refractivity contribution in [2.75, 3.05) is 39.2 Å². The standard InChI is InChI=1S/C14H23N3O3/c1-3-4-12-9-11(10-13(15)17-12)14(18)16-5-6-20-8-7-19-2/h9-10H,3-8H2,1-2H3,(H2,15,17)(H,16,18). The number of nitrogens with two attached hydrogens (primary N) is 1. The third-order valence-corrected chi connectivity index (χ3v) is 2.63. The van der Waals surface area contributed by atoms with Crippen LogP contribution in [-0.2, 0) is 15.9 Å². The van der Waals surface area contributed by atoms with Crippen LogP contribution in [0.15, 0.2) is 12.1 Å². The SMILES string of the molecule is CCCc1cc(C(=O)NCCOCCOC)cc(N)n1. The summed E-state index contributed by atoms with van der Waals surface area (Å²) in [6, 6.07) is 3.36. The Balaban J connectivity index is 2.42. The van der Waals surface area contributed by atoms with Gasteiger partial charge in [-0.2, -0.15) is 0 Å². The summed E-state index contributed by atoms with van der Waals surface area (Å²) in [5.41, 5.74) is 7.09. The Morgan fingerprint density at radius 2 is 2.15 bits per heavy atom. The molecule has 1 amide bonds. The van der Waals surface area contributed by atoms with Gasteiger partial charge < -0.3 is 20.5 Å². The van der Waals surface area contributed by atoms with Crippen molar-refractivity contribution in [2.45, 2.75) is 19.8 Å². The first-order valence-electron chi connectivity index (χ1n) is 6.78. The molecule has 0 saturated carbocycles. The number of anilines is 1. The molecular weight excluding hydrogens is 258 g/mol. The number of nitrogens with zero attached hydrogens (tertiary/aromatic N) is 1. The second kappa shape index (κ2) is 9.28. The third kappa shape index (κ3) is 5.99. The van der Waals surface area contributed by atoms with Crippen molar-refractivity contribution >= 4 is 11.7 Å². The molecule has 0 aliphatic carbocycles. The van der Waals surface area contributed by atoms with E-state index in [-0.39, 0.29) is 5.91 Å². The van der Waals surface area contributed by atoms with E-state index in [4.69, 9.17) is 15.2 Å². The van der Waals surface area contributed by atoms with Crippen LogP contribution >= 0.6 is 0 Å². The van der Waals surface area contributed by atoms with Crippen LogP contribution < -0.4 is 11.1 Å². The molecule has 0 bridgehead atoms. The smallest absolute Gasteiger partial charge is 0.251 e. The van der Waals surface area contributed by atoms with Gasteiger partial charge in [-0.3, -0.25) is 4.79 Å². The zero-order chi connectivity index (χ0) is 14.8. The summed E-state index contributed by atoms with van der Waals surface area (Å²) in [6.07, 6.45) is 1.77. The van der Waals surface area contributed by atoms with E-state index in [1.54, 1.807) is 19.2 Å². The Bertz CT molecular complexity index is 424. The number of carbonyl (C=O) groups is 1. The Labute approximate surface area is 119 Å². The van der Waals surface area contributed by atoms with Gasteiger partial charge in [0, 0.05) is 24.9 Å². The van der Waals surface area contributed by atoms with E-state index in [0.717, 1.165) is 18.5 Å². The Morgan fingerprint density at radius 1 is 1.35 bits per heavy atom. The fourth-order valence-corrected chi connectivity index (χ4v) is 1.71. The van der Waals surface area contributed by atoms with Crippen molar-refractivity contribution < 1.29 is 14.3 Å². The first-order valence-corrected chi connectivity index (χ1v) is 6.78. The summed E-state index contributed by atoms with van der Waals surface area (Å²) < 4.78 is 10.1. The number of ether oxygens (including phenoxy) is 2. The van der Waals surface area contributed by atoms with E-state index in [1.165, 1.54) is 0 Å². The van der Waals surface area contributed by atoms with Gasteiger partial charge >= 0.3 is 0 Å². The van der Waals surface area contributed by atoms with E-state index < -0.39 is 0 Å². The molecule has 0 saturated heterocycles. The molecule has 1 aromatic heterocycles. The summed E-state index contributed by atoms with van der Waals surface area (Å²) in [5, 5.41) is 2.78. The Hall–Kier alpha value is -1.66. The molecule has 0 fully saturated rings. The minimum absolute atomic E-state index is 0.160. The van der Waals surface area contributed by atoms with Crippen LogP contribution in [0.4, 0.5) is 5.82 Å². The average Bonchev–Trinajstić information content (AvgIpc) is 2.42. The zero-order valence-corrected chi connectivity index (χ0v) is 12.1. The van der Waals surface area contributed by atoms with Gasteiger partial charge in [0.05, 0.1) is 19.8 Å². The molecule has 0 aromatic carbocycles. The lowest BCUT2D eigenvalue weighted by Gasteiger charge is -2.08. The van der Waals surface area contributed by atoms with E-state index >= 15 is 0 Å². The number of hydrogen-bond donors (Lipinski definition) is 2. The van der Waals surface area contributed by atoms with E-state index in [2.05, 4.69) is 17.2 Å². The lowest BCUT2D eigenvalue weighted by Crippen LogP contribution is -2.28. The van der Waals surface area contributed by atoms with Crippen LogP contribution in [0.1, 0.15) is 29.4 Å².